The van der Waals surface area contributed by atoms with Crippen molar-refractivity contribution < 1.29 is 9.90 Å². The van der Waals surface area contributed by atoms with E-state index >= 15 is 0 Å². The molecule has 130 valence electrons. The lowest BCUT2D eigenvalue weighted by Gasteiger charge is -2.21. The highest BCUT2D eigenvalue weighted by Crippen LogP contribution is 2.23. The molecule has 2 heterocycles. The number of thiophene rings is 1. The molecule has 1 aromatic carbocycles. The summed E-state index contributed by atoms with van der Waals surface area (Å²) < 4.78 is 0. The van der Waals surface area contributed by atoms with Crippen LogP contribution < -0.4 is 0 Å². The van der Waals surface area contributed by atoms with Gasteiger partial charge in [0.25, 0.3) is 5.91 Å². The Morgan fingerprint density at radius 2 is 2.12 bits per heavy atom. The van der Waals surface area contributed by atoms with E-state index in [-0.39, 0.29) is 12.5 Å². The molecule has 2 aromatic heterocycles. The molecule has 0 saturated heterocycles. The molecule has 0 fully saturated rings. The molecule has 2 N–H and O–H groups in total. The second-order valence-electron chi connectivity index (χ2n) is 5.91. The maximum atomic E-state index is 12.9. The molecule has 3 rings (SSSR count). The van der Waals surface area contributed by atoms with Gasteiger partial charge in [-0.15, -0.1) is 11.3 Å². The zero-order valence-corrected chi connectivity index (χ0v) is 15.1. The third kappa shape index (κ3) is 3.97. The number of carbonyl (C=O) groups is 1. The number of amides is 1. The van der Waals surface area contributed by atoms with E-state index in [1.807, 2.05) is 49.6 Å². The first-order valence-electron chi connectivity index (χ1n) is 8.14. The summed E-state index contributed by atoms with van der Waals surface area (Å²) in [5.41, 5.74) is 3.35. The molecule has 0 bridgehead atoms. The number of aliphatic hydroxyl groups is 1. The number of rotatable bonds is 6. The van der Waals surface area contributed by atoms with Gasteiger partial charge in [-0.05, 0) is 37.4 Å². The first-order chi connectivity index (χ1) is 12.1. The van der Waals surface area contributed by atoms with Crippen molar-refractivity contribution in [3.8, 4) is 11.3 Å². The van der Waals surface area contributed by atoms with Gasteiger partial charge in [0.05, 0.1) is 18.8 Å². The second-order valence-corrected chi connectivity index (χ2v) is 6.94. The van der Waals surface area contributed by atoms with Crippen LogP contribution in [0.3, 0.4) is 0 Å². The molecular formula is C19H21N3O2S. The van der Waals surface area contributed by atoms with Gasteiger partial charge in [-0.3, -0.25) is 4.79 Å². The number of carbonyl (C=O) groups excluding carboxylic acids is 1. The summed E-state index contributed by atoms with van der Waals surface area (Å²) in [6, 6.07) is 11.5. The maximum absolute atomic E-state index is 12.9. The minimum Gasteiger partial charge on any atom is -0.395 e. The Balaban J connectivity index is 1.87. The normalized spacial score (nSPS) is 10.8. The number of benzene rings is 1. The number of hydrogen-bond acceptors (Lipinski definition) is 4. The van der Waals surface area contributed by atoms with Gasteiger partial charge in [-0.2, -0.15) is 0 Å². The van der Waals surface area contributed by atoms with Crippen LogP contribution in [-0.2, 0) is 6.54 Å². The van der Waals surface area contributed by atoms with Crippen molar-refractivity contribution >= 4 is 17.2 Å². The largest absolute Gasteiger partial charge is 0.395 e. The number of hydrogen-bond donors (Lipinski definition) is 2. The number of nitrogens with zero attached hydrogens (tertiary/aromatic N) is 2. The van der Waals surface area contributed by atoms with Crippen LogP contribution in [0, 0.1) is 13.8 Å². The van der Waals surface area contributed by atoms with Gasteiger partial charge in [0, 0.05) is 28.2 Å². The Morgan fingerprint density at radius 3 is 2.76 bits per heavy atom. The summed E-state index contributed by atoms with van der Waals surface area (Å²) in [5, 5.41) is 11.3. The Bertz CT molecular complexity index is 855. The van der Waals surface area contributed by atoms with E-state index < -0.39 is 0 Å². The monoisotopic (exact) mass is 355 g/mol. The highest BCUT2D eigenvalue weighted by molar-refractivity contribution is 7.09. The number of H-pyrrole nitrogens is 1. The minimum absolute atomic E-state index is 0.0610. The molecular weight excluding hydrogens is 334 g/mol. The lowest BCUT2D eigenvalue weighted by molar-refractivity contribution is 0.0710. The third-order valence-corrected chi connectivity index (χ3v) is 4.83. The smallest absolute Gasteiger partial charge is 0.254 e. The van der Waals surface area contributed by atoms with Crippen LogP contribution in [-0.4, -0.2) is 39.0 Å². The van der Waals surface area contributed by atoms with Gasteiger partial charge in [-0.25, -0.2) is 4.98 Å². The van der Waals surface area contributed by atoms with Crippen molar-refractivity contribution in [3.63, 3.8) is 0 Å². The first kappa shape index (κ1) is 17.4. The predicted molar refractivity (Wildman–Crippen MR) is 99.6 cm³/mol. The van der Waals surface area contributed by atoms with Crippen LogP contribution in [0.25, 0.3) is 11.3 Å². The molecule has 25 heavy (non-hydrogen) atoms. The average Bonchev–Trinajstić information content (AvgIpc) is 3.23. The van der Waals surface area contributed by atoms with Crippen molar-refractivity contribution in [1.29, 1.82) is 0 Å². The van der Waals surface area contributed by atoms with Crippen molar-refractivity contribution in [2.45, 2.75) is 20.4 Å². The number of aliphatic hydroxyl groups excluding tert-OH is 1. The van der Waals surface area contributed by atoms with E-state index in [9.17, 15) is 9.90 Å². The summed E-state index contributed by atoms with van der Waals surface area (Å²) >= 11 is 1.60. The number of nitrogens with one attached hydrogen (secondary N) is 1. The first-order valence-corrected chi connectivity index (χ1v) is 9.02. The lowest BCUT2D eigenvalue weighted by atomic mass is 10.1. The van der Waals surface area contributed by atoms with E-state index in [2.05, 4.69) is 9.97 Å². The van der Waals surface area contributed by atoms with Crippen LogP contribution in [0.5, 0.6) is 0 Å². The summed E-state index contributed by atoms with van der Waals surface area (Å²) in [7, 11) is 0. The van der Waals surface area contributed by atoms with Crippen LogP contribution in [0.15, 0.2) is 41.8 Å². The van der Waals surface area contributed by atoms with E-state index in [4.69, 9.17) is 0 Å². The van der Waals surface area contributed by atoms with Gasteiger partial charge >= 0.3 is 0 Å². The molecule has 0 saturated carbocycles. The van der Waals surface area contributed by atoms with Gasteiger partial charge in [0.1, 0.15) is 5.82 Å². The van der Waals surface area contributed by atoms with Crippen LogP contribution in [0.4, 0.5) is 0 Å². The average molecular weight is 355 g/mol. The molecule has 0 aliphatic heterocycles. The topological polar surface area (TPSA) is 69.2 Å². The highest BCUT2D eigenvalue weighted by Gasteiger charge is 2.17. The lowest BCUT2D eigenvalue weighted by Crippen LogP contribution is -2.32. The zero-order chi connectivity index (χ0) is 17.8. The van der Waals surface area contributed by atoms with E-state index in [1.165, 1.54) is 0 Å². The molecule has 0 aliphatic rings. The molecule has 0 spiro atoms. The van der Waals surface area contributed by atoms with Gasteiger partial charge in [0.15, 0.2) is 0 Å². The SMILES string of the molecule is Cc1nc(-c2cccc(C(=O)N(CCO)Cc3cccs3)c2)c(C)[nH]1. The molecule has 3 aromatic rings. The molecule has 0 radical (unpaired) electrons. The molecule has 6 heteroatoms. The Hall–Kier alpha value is -2.44. The Labute approximate surface area is 151 Å². The zero-order valence-electron chi connectivity index (χ0n) is 14.3. The summed E-state index contributed by atoms with van der Waals surface area (Å²) in [4.78, 5) is 23.4. The fourth-order valence-corrected chi connectivity index (χ4v) is 3.56. The second kappa shape index (κ2) is 7.63. The van der Waals surface area contributed by atoms with Gasteiger partial charge in [-0.1, -0.05) is 18.2 Å². The highest BCUT2D eigenvalue weighted by atomic mass is 32.1. The van der Waals surface area contributed by atoms with Crippen LogP contribution in [0.1, 0.15) is 26.8 Å². The van der Waals surface area contributed by atoms with Crippen molar-refractivity contribution in [3.05, 3.63) is 63.7 Å². The standard InChI is InChI=1S/C19H21N3O2S/c1-13-18(21-14(2)20-13)15-5-3-6-16(11-15)19(24)22(8-9-23)12-17-7-4-10-25-17/h3-7,10-11,23H,8-9,12H2,1-2H3,(H,20,21). The van der Waals surface area contributed by atoms with Crippen molar-refractivity contribution in [2.75, 3.05) is 13.2 Å². The van der Waals surface area contributed by atoms with Crippen molar-refractivity contribution in [2.24, 2.45) is 0 Å². The summed E-state index contributed by atoms with van der Waals surface area (Å²) in [6.45, 7) is 4.63. The summed E-state index contributed by atoms with van der Waals surface area (Å²) in [6.07, 6.45) is 0. The maximum Gasteiger partial charge on any atom is 0.254 e. The van der Waals surface area contributed by atoms with Crippen LogP contribution >= 0.6 is 11.3 Å². The number of aromatic nitrogens is 2. The Kier molecular flexibility index (Phi) is 5.31. The predicted octanol–water partition coefficient (Wildman–Crippen LogP) is 3.39. The minimum atomic E-state index is -0.0887. The quantitative estimate of drug-likeness (QED) is 0.712. The third-order valence-electron chi connectivity index (χ3n) is 3.97. The summed E-state index contributed by atoms with van der Waals surface area (Å²) in [5.74, 6) is 0.762. The molecule has 0 atom stereocenters. The van der Waals surface area contributed by atoms with E-state index in [0.717, 1.165) is 27.7 Å². The van der Waals surface area contributed by atoms with E-state index in [1.54, 1.807) is 22.3 Å². The fraction of sp³-hybridized carbons (Fsp3) is 0.263. The molecule has 1 amide bonds. The van der Waals surface area contributed by atoms with Gasteiger partial charge in [0.2, 0.25) is 0 Å². The molecule has 0 unspecified atom stereocenters. The fourth-order valence-electron chi connectivity index (χ4n) is 2.84. The number of aromatic amines is 1. The molecule has 0 aliphatic carbocycles. The number of aryl methyl sites for hydroxylation is 2. The number of imidazole rings is 1. The van der Waals surface area contributed by atoms with E-state index in [0.29, 0.717) is 18.7 Å². The molecule has 5 nitrogen and oxygen atoms in total. The van der Waals surface area contributed by atoms with Gasteiger partial charge < -0.3 is 15.0 Å². The Morgan fingerprint density at radius 1 is 1.28 bits per heavy atom. The van der Waals surface area contributed by atoms with Crippen molar-refractivity contribution in [1.82, 2.24) is 14.9 Å². The van der Waals surface area contributed by atoms with Crippen LogP contribution in [0.2, 0.25) is 0 Å².